The van der Waals surface area contributed by atoms with E-state index >= 15 is 0 Å². The van der Waals surface area contributed by atoms with Crippen LogP contribution in [0.3, 0.4) is 0 Å². The van der Waals surface area contributed by atoms with E-state index in [1.54, 1.807) is 24.5 Å². The molecule has 1 N–H and O–H groups in total. The van der Waals surface area contributed by atoms with E-state index in [9.17, 15) is 4.79 Å². The van der Waals surface area contributed by atoms with Crippen LogP contribution in [0.1, 0.15) is 36.7 Å². The van der Waals surface area contributed by atoms with E-state index in [4.69, 9.17) is 9.47 Å². The fourth-order valence-electron chi connectivity index (χ4n) is 2.07. The quantitative estimate of drug-likeness (QED) is 0.746. The molecule has 1 amide bonds. The van der Waals surface area contributed by atoms with Crippen molar-refractivity contribution < 1.29 is 14.3 Å². The molecular weight excluding hydrogens is 318 g/mol. The zero-order valence-electron chi connectivity index (χ0n) is 15.0. The summed E-state index contributed by atoms with van der Waals surface area (Å²) >= 11 is 0. The molecule has 6 nitrogen and oxygen atoms in total. The molecule has 0 saturated heterocycles. The summed E-state index contributed by atoms with van der Waals surface area (Å²) in [5.74, 6) is 0.329. The molecular formula is C19H25N3O3. The lowest BCUT2D eigenvalue weighted by Gasteiger charge is -2.19. The molecule has 0 unspecified atom stereocenters. The monoisotopic (exact) mass is 343 g/mol. The molecule has 0 fully saturated rings. The van der Waals surface area contributed by atoms with E-state index in [2.05, 4.69) is 15.3 Å². The Labute approximate surface area is 148 Å². The van der Waals surface area contributed by atoms with Gasteiger partial charge in [-0.1, -0.05) is 0 Å². The number of ether oxygens (including phenoxy) is 2. The predicted molar refractivity (Wildman–Crippen MR) is 95.7 cm³/mol. The van der Waals surface area contributed by atoms with Gasteiger partial charge in [-0.25, -0.2) is 4.98 Å². The van der Waals surface area contributed by atoms with Crippen LogP contribution < -0.4 is 10.1 Å². The fraction of sp³-hybridized carbons (Fsp3) is 0.421. The summed E-state index contributed by atoms with van der Waals surface area (Å²) in [4.78, 5) is 20.2. The molecule has 25 heavy (non-hydrogen) atoms. The summed E-state index contributed by atoms with van der Waals surface area (Å²) in [7, 11) is 0. The van der Waals surface area contributed by atoms with Crippen LogP contribution in [0, 0.1) is 0 Å². The summed E-state index contributed by atoms with van der Waals surface area (Å²) in [5, 5.41) is 2.88. The second kappa shape index (κ2) is 9.13. The van der Waals surface area contributed by atoms with Gasteiger partial charge in [0.05, 0.1) is 17.8 Å². The third-order valence-corrected chi connectivity index (χ3v) is 3.32. The zero-order valence-corrected chi connectivity index (χ0v) is 15.0. The average Bonchev–Trinajstić information content (AvgIpc) is 2.59. The first-order chi connectivity index (χ1) is 11.9. The molecule has 2 rings (SSSR count). The summed E-state index contributed by atoms with van der Waals surface area (Å²) in [6, 6.07) is 7.26. The minimum Gasteiger partial charge on any atom is -0.475 e. The molecule has 0 radical (unpaired) electrons. The highest BCUT2D eigenvalue weighted by molar-refractivity contribution is 5.93. The molecule has 134 valence electrons. The van der Waals surface area contributed by atoms with Gasteiger partial charge in [0.1, 0.15) is 6.61 Å². The molecule has 2 aromatic heterocycles. The van der Waals surface area contributed by atoms with Crippen LogP contribution in [0.25, 0.3) is 0 Å². The van der Waals surface area contributed by atoms with Gasteiger partial charge in [-0.2, -0.15) is 0 Å². The van der Waals surface area contributed by atoms with Crippen molar-refractivity contribution in [1.29, 1.82) is 0 Å². The minimum absolute atomic E-state index is 0.149. The number of aromatic nitrogens is 2. The topological polar surface area (TPSA) is 73.3 Å². The van der Waals surface area contributed by atoms with Crippen LogP contribution in [-0.4, -0.2) is 41.2 Å². The standard InChI is InChI=1S/C19H25N3O3/c1-19(2,3)25-13-12-24-17-5-4-16(14-22-17)18(23)21-11-8-15-6-9-20-10-7-15/h4-7,9-10,14H,8,11-13H2,1-3H3,(H,21,23). The number of hydrogen-bond acceptors (Lipinski definition) is 5. The van der Waals surface area contributed by atoms with Gasteiger partial charge in [-0.15, -0.1) is 0 Å². The molecule has 2 heterocycles. The van der Waals surface area contributed by atoms with Crippen molar-refractivity contribution >= 4 is 5.91 Å². The van der Waals surface area contributed by atoms with Gasteiger partial charge in [0, 0.05) is 31.2 Å². The molecule has 0 bridgehead atoms. The summed E-state index contributed by atoms with van der Waals surface area (Å²) < 4.78 is 11.1. The Balaban J connectivity index is 1.72. The first-order valence-electron chi connectivity index (χ1n) is 8.34. The number of amides is 1. The number of carbonyl (C=O) groups is 1. The largest absolute Gasteiger partial charge is 0.475 e. The Hall–Kier alpha value is -2.47. The maximum absolute atomic E-state index is 12.1. The first kappa shape index (κ1) is 18.9. The van der Waals surface area contributed by atoms with E-state index in [-0.39, 0.29) is 11.5 Å². The van der Waals surface area contributed by atoms with Gasteiger partial charge in [-0.3, -0.25) is 9.78 Å². The Morgan fingerprint density at radius 2 is 1.88 bits per heavy atom. The lowest BCUT2D eigenvalue weighted by molar-refractivity contribution is -0.0168. The molecule has 0 spiro atoms. The first-order valence-corrected chi connectivity index (χ1v) is 8.34. The van der Waals surface area contributed by atoms with E-state index < -0.39 is 0 Å². The van der Waals surface area contributed by atoms with Crippen molar-refractivity contribution in [3.63, 3.8) is 0 Å². The van der Waals surface area contributed by atoms with Crippen molar-refractivity contribution in [1.82, 2.24) is 15.3 Å². The highest BCUT2D eigenvalue weighted by Gasteiger charge is 2.10. The van der Waals surface area contributed by atoms with E-state index in [1.165, 1.54) is 6.20 Å². The van der Waals surface area contributed by atoms with Crippen molar-refractivity contribution in [2.24, 2.45) is 0 Å². The number of carbonyl (C=O) groups excluding carboxylic acids is 1. The smallest absolute Gasteiger partial charge is 0.252 e. The number of rotatable bonds is 8. The van der Waals surface area contributed by atoms with Crippen molar-refractivity contribution in [3.8, 4) is 5.88 Å². The number of nitrogens with zero attached hydrogens (tertiary/aromatic N) is 2. The summed E-state index contributed by atoms with van der Waals surface area (Å²) in [6.07, 6.45) is 5.76. The highest BCUT2D eigenvalue weighted by atomic mass is 16.5. The molecule has 0 aliphatic rings. The van der Waals surface area contributed by atoms with E-state index in [0.717, 1.165) is 12.0 Å². The predicted octanol–water partition coefficient (Wildman–Crippen LogP) is 2.64. The number of hydrogen-bond donors (Lipinski definition) is 1. The van der Waals surface area contributed by atoms with Crippen LogP contribution in [0.15, 0.2) is 42.9 Å². The lowest BCUT2D eigenvalue weighted by atomic mass is 10.2. The van der Waals surface area contributed by atoms with Gasteiger partial charge in [-0.05, 0) is 51.0 Å². The normalized spacial score (nSPS) is 11.2. The molecule has 0 aliphatic carbocycles. The van der Waals surface area contributed by atoms with Crippen molar-refractivity contribution in [2.75, 3.05) is 19.8 Å². The molecule has 0 atom stereocenters. The Kier molecular flexibility index (Phi) is 6.89. The zero-order chi connectivity index (χ0) is 18.1. The molecule has 0 aromatic carbocycles. The number of pyridine rings is 2. The number of nitrogens with one attached hydrogen (secondary N) is 1. The Morgan fingerprint density at radius 3 is 2.52 bits per heavy atom. The summed E-state index contributed by atoms with van der Waals surface area (Å²) in [5.41, 5.74) is 1.46. The lowest BCUT2D eigenvalue weighted by Crippen LogP contribution is -2.25. The van der Waals surface area contributed by atoms with Crippen molar-refractivity contribution in [2.45, 2.75) is 32.8 Å². The third kappa shape index (κ3) is 7.30. The van der Waals surface area contributed by atoms with Crippen molar-refractivity contribution in [3.05, 3.63) is 54.0 Å². The molecule has 0 saturated carbocycles. The maximum atomic E-state index is 12.1. The maximum Gasteiger partial charge on any atom is 0.252 e. The highest BCUT2D eigenvalue weighted by Crippen LogP contribution is 2.09. The van der Waals surface area contributed by atoms with E-state index in [1.807, 2.05) is 32.9 Å². The van der Waals surface area contributed by atoms with Gasteiger partial charge in [0.25, 0.3) is 5.91 Å². The van der Waals surface area contributed by atoms with Crippen LogP contribution in [0.2, 0.25) is 0 Å². The second-order valence-electron chi connectivity index (χ2n) is 6.56. The average molecular weight is 343 g/mol. The second-order valence-corrected chi connectivity index (χ2v) is 6.56. The third-order valence-electron chi connectivity index (χ3n) is 3.32. The SMILES string of the molecule is CC(C)(C)OCCOc1ccc(C(=O)NCCc2ccncc2)cn1. The summed E-state index contributed by atoms with van der Waals surface area (Å²) in [6.45, 7) is 7.45. The van der Waals surface area contributed by atoms with Gasteiger partial charge >= 0.3 is 0 Å². The molecule has 0 aliphatic heterocycles. The Bertz CT molecular complexity index is 652. The van der Waals surface area contributed by atoms with Gasteiger partial charge < -0.3 is 14.8 Å². The van der Waals surface area contributed by atoms with Crippen LogP contribution in [0.5, 0.6) is 5.88 Å². The van der Waals surface area contributed by atoms with Crippen LogP contribution in [-0.2, 0) is 11.2 Å². The minimum atomic E-state index is -0.186. The fourth-order valence-corrected chi connectivity index (χ4v) is 2.07. The van der Waals surface area contributed by atoms with Crippen LogP contribution in [0.4, 0.5) is 0 Å². The molecule has 6 heteroatoms. The van der Waals surface area contributed by atoms with Gasteiger partial charge in [0.2, 0.25) is 5.88 Å². The molecule has 2 aromatic rings. The van der Waals surface area contributed by atoms with Crippen LogP contribution >= 0.6 is 0 Å². The Morgan fingerprint density at radius 1 is 1.12 bits per heavy atom. The van der Waals surface area contributed by atoms with Gasteiger partial charge in [0.15, 0.2) is 0 Å². The van der Waals surface area contributed by atoms with E-state index in [0.29, 0.717) is 31.2 Å².